The molecule has 0 aliphatic carbocycles. The van der Waals surface area contributed by atoms with E-state index in [0.29, 0.717) is 18.7 Å². The van der Waals surface area contributed by atoms with Gasteiger partial charge in [-0.25, -0.2) is 4.79 Å². The highest BCUT2D eigenvalue weighted by Gasteiger charge is 2.28. The van der Waals surface area contributed by atoms with Crippen LogP contribution in [-0.4, -0.2) is 17.2 Å². The molecule has 236 valence electrons. The number of carbonyl (C=O) groups is 1. The average molecular weight is 687 g/mol. The van der Waals surface area contributed by atoms with E-state index in [1.165, 1.54) is 48.0 Å². The summed E-state index contributed by atoms with van der Waals surface area (Å²) in [4.78, 5) is 13.7. The highest BCUT2D eigenvalue weighted by atomic mass is 79.9. The maximum Gasteiger partial charge on any atom is 0.345 e. The van der Waals surface area contributed by atoms with Crippen LogP contribution in [-0.2, 0) is 30.6 Å². The first-order chi connectivity index (χ1) is 21.5. The first-order valence-electron chi connectivity index (χ1n) is 16.0. The largest absolute Gasteiger partial charge is 0.478 e. The van der Waals surface area contributed by atoms with Crippen molar-refractivity contribution in [1.29, 1.82) is 0 Å². The van der Waals surface area contributed by atoms with E-state index in [-0.39, 0.29) is 11.8 Å². The Kier molecular flexibility index (Phi) is 10.1. The number of fused-ring (bicyclic) bond motifs is 2. The molecule has 1 atom stereocenters. The Morgan fingerprint density at radius 3 is 2.13 bits per heavy atom. The van der Waals surface area contributed by atoms with E-state index < -0.39 is 12.1 Å². The van der Waals surface area contributed by atoms with Crippen LogP contribution in [0.4, 0.5) is 0 Å². The molecule has 0 aliphatic rings. The van der Waals surface area contributed by atoms with E-state index in [4.69, 9.17) is 10.5 Å². The molecule has 1 heterocycles. The van der Waals surface area contributed by atoms with Crippen LogP contribution in [0, 0.1) is 6.92 Å². The van der Waals surface area contributed by atoms with Crippen molar-refractivity contribution in [2.75, 3.05) is 0 Å². The molecule has 0 fully saturated rings. The number of rotatable bonds is 11. The predicted octanol–water partition coefficient (Wildman–Crippen LogP) is 10.7. The summed E-state index contributed by atoms with van der Waals surface area (Å²) in [5.74, 6) is -0.0445. The molecule has 0 saturated heterocycles. The van der Waals surface area contributed by atoms with E-state index in [9.17, 15) is 9.90 Å². The fourth-order valence-electron chi connectivity index (χ4n) is 6.60. The topological polar surface area (TPSA) is 72.5 Å². The molecule has 1 aromatic heterocycles. The van der Waals surface area contributed by atoms with Crippen LogP contribution in [0.15, 0.2) is 59.1 Å². The SMILES string of the molecule is CCc1ccc2c(Br)c3sc(CN)c(C)c3c(-c3cc(C(C)C)c(O[C@H](Cc4ccccc4)C(=O)O)c(C(C)C)c3)c2c1CC. The highest BCUT2D eigenvalue weighted by Crippen LogP contribution is 2.50. The van der Waals surface area contributed by atoms with Crippen LogP contribution in [0.25, 0.3) is 32.0 Å². The number of hydrogen-bond acceptors (Lipinski definition) is 4. The van der Waals surface area contributed by atoms with Crippen LogP contribution < -0.4 is 10.5 Å². The van der Waals surface area contributed by atoms with Crippen molar-refractivity contribution in [3.63, 3.8) is 0 Å². The van der Waals surface area contributed by atoms with Gasteiger partial charge in [0.2, 0.25) is 0 Å². The molecule has 6 heteroatoms. The summed E-state index contributed by atoms with van der Waals surface area (Å²) >= 11 is 5.80. The molecular weight excluding hydrogens is 642 g/mol. The number of carboxylic acid groups (broad SMARTS) is 1. The number of aryl methyl sites for hydroxylation is 3. The smallest absolute Gasteiger partial charge is 0.345 e. The zero-order valence-corrected chi connectivity index (χ0v) is 29.8. The first kappa shape index (κ1) is 33.2. The van der Waals surface area contributed by atoms with Crippen molar-refractivity contribution < 1.29 is 14.6 Å². The lowest BCUT2D eigenvalue weighted by molar-refractivity contribution is -0.145. The lowest BCUT2D eigenvalue weighted by Gasteiger charge is -2.26. The van der Waals surface area contributed by atoms with Crippen LogP contribution in [0.1, 0.15) is 91.6 Å². The summed E-state index contributed by atoms with van der Waals surface area (Å²) in [5, 5.41) is 14.0. The minimum Gasteiger partial charge on any atom is -0.478 e. The summed E-state index contributed by atoms with van der Waals surface area (Å²) in [5.41, 5.74) is 15.6. The van der Waals surface area contributed by atoms with Crippen molar-refractivity contribution >= 4 is 54.1 Å². The van der Waals surface area contributed by atoms with Gasteiger partial charge >= 0.3 is 5.97 Å². The molecule has 0 aliphatic heterocycles. The highest BCUT2D eigenvalue weighted by molar-refractivity contribution is 9.11. The lowest BCUT2D eigenvalue weighted by Crippen LogP contribution is -2.30. The van der Waals surface area contributed by atoms with E-state index >= 15 is 0 Å². The van der Waals surface area contributed by atoms with Crippen molar-refractivity contribution in [3.8, 4) is 16.9 Å². The van der Waals surface area contributed by atoms with Gasteiger partial charge in [-0.2, -0.15) is 0 Å². The van der Waals surface area contributed by atoms with Crippen LogP contribution in [0.5, 0.6) is 5.75 Å². The van der Waals surface area contributed by atoms with Gasteiger partial charge in [0, 0.05) is 27.7 Å². The third kappa shape index (κ3) is 6.17. The molecule has 3 N–H and O–H groups in total. The summed E-state index contributed by atoms with van der Waals surface area (Å²) in [6.07, 6.45) is 1.18. The molecule has 0 saturated carbocycles. The van der Waals surface area contributed by atoms with Gasteiger partial charge in [0.05, 0.1) is 4.70 Å². The number of nitrogens with two attached hydrogens (primary N) is 1. The third-order valence-electron chi connectivity index (χ3n) is 8.99. The summed E-state index contributed by atoms with van der Waals surface area (Å²) in [6.45, 7) is 15.8. The standard InChI is InChI=1S/C39H44BrNO3S/c1-8-25-15-16-28-35(27(25)9-2)34(33-23(7)32(20-41)45-38(33)36(28)40)26-18-29(21(3)4)37(30(19-26)22(5)6)44-31(39(42)43)17-24-13-11-10-12-14-24/h10-16,18-19,21-22,31H,8-9,17,20,41H2,1-7H3,(H,42,43)/t31-/m1/s1. The quantitative estimate of drug-likeness (QED) is 0.145. The second-order valence-electron chi connectivity index (χ2n) is 12.5. The molecule has 5 aromatic rings. The Labute approximate surface area is 279 Å². The van der Waals surface area contributed by atoms with Gasteiger partial charge in [0.15, 0.2) is 6.10 Å². The molecular formula is C39H44BrNO3S. The van der Waals surface area contributed by atoms with Crippen molar-refractivity contribution in [2.24, 2.45) is 5.73 Å². The van der Waals surface area contributed by atoms with Gasteiger partial charge in [-0.15, -0.1) is 11.3 Å². The number of halogens is 1. The Balaban J connectivity index is 1.85. The minimum absolute atomic E-state index is 0.112. The number of benzene rings is 4. The Bertz CT molecular complexity index is 1840. The van der Waals surface area contributed by atoms with Crippen LogP contribution in [0.2, 0.25) is 0 Å². The lowest BCUT2D eigenvalue weighted by atomic mass is 9.84. The maximum atomic E-state index is 12.5. The molecule has 0 unspecified atom stereocenters. The van der Waals surface area contributed by atoms with E-state index in [1.807, 2.05) is 30.3 Å². The third-order valence-corrected chi connectivity index (χ3v) is 11.4. The molecule has 45 heavy (non-hydrogen) atoms. The second kappa shape index (κ2) is 13.7. The summed E-state index contributed by atoms with van der Waals surface area (Å²) in [6, 6.07) is 18.8. The first-order valence-corrected chi connectivity index (χ1v) is 17.6. The number of aliphatic carboxylic acids is 1. The fourth-order valence-corrected chi connectivity index (χ4v) is 8.52. The van der Waals surface area contributed by atoms with Gasteiger partial charge in [0.25, 0.3) is 0 Å². The van der Waals surface area contributed by atoms with Crippen LogP contribution >= 0.6 is 27.3 Å². The Morgan fingerprint density at radius 2 is 1.60 bits per heavy atom. The summed E-state index contributed by atoms with van der Waals surface area (Å²) in [7, 11) is 0. The Hall–Kier alpha value is -3.19. The van der Waals surface area contributed by atoms with E-state index in [2.05, 4.69) is 88.7 Å². The minimum atomic E-state index is -1.00. The molecule has 5 rings (SSSR count). The molecule has 0 radical (unpaired) electrons. The molecule has 4 aromatic carbocycles. The molecule has 4 nitrogen and oxygen atoms in total. The zero-order valence-electron chi connectivity index (χ0n) is 27.4. The number of carboxylic acids is 1. The van der Waals surface area contributed by atoms with Crippen LogP contribution in [0.3, 0.4) is 0 Å². The average Bonchev–Trinajstić information content (AvgIpc) is 3.36. The number of ether oxygens (including phenoxy) is 1. The molecule has 0 amide bonds. The van der Waals surface area contributed by atoms with Crippen molar-refractivity contribution in [2.45, 2.75) is 92.2 Å². The van der Waals surface area contributed by atoms with Gasteiger partial charge < -0.3 is 15.6 Å². The van der Waals surface area contributed by atoms with E-state index in [1.54, 1.807) is 11.3 Å². The maximum absolute atomic E-state index is 12.5. The molecule has 0 bridgehead atoms. The van der Waals surface area contributed by atoms with Gasteiger partial charge in [-0.3, -0.25) is 0 Å². The summed E-state index contributed by atoms with van der Waals surface area (Å²) < 4.78 is 8.90. The van der Waals surface area contributed by atoms with Gasteiger partial charge in [0.1, 0.15) is 5.75 Å². The van der Waals surface area contributed by atoms with E-state index in [0.717, 1.165) is 39.6 Å². The molecule has 0 spiro atoms. The number of hydrogen-bond donors (Lipinski definition) is 2. The Morgan fingerprint density at radius 1 is 0.956 bits per heavy atom. The predicted molar refractivity (Wildman–Crippen MR) is 194 cm³/mol. The fraction of sp³-hybridized carbons (Fsp3) is 0.359. The van der Waals surface area contributed by atoms with Crippen molar-refractivity contribution in [3.05, 3.63) is 97.3 Å². The monoisotopic (exact) mass is 685 g/mol. The number of thiophene rings is 1. The van der Waals surface area contributed by atoms with Gasteiger partial charge in [-0.05, 0) is 115 Å². The van der Waals surface area contributed by atoms with Gasteiger partial charge in [-0.1, -0.05) is 84.0 Å². The zero-order chi connectivity index (χ0) is 32.6. The normalized spacial score (nSPS) is 12.5. The second-order valence-corrected chi connectivity index (χ2v) is 14.4. The van der Waals surface area contributed by atoms with Crippen molar-refractivity contribution in [1.82, 2.24) is 0 Å².